The summed E-state index contributed by atoms with van der Waals surface area (Å²) >= 11 is 0. The second kappa shape index (κ2) is 10.4. The van der Waals surface area contributed by atoms with E-state index in [-0.39, 0.29) is 47.9 Å². The van der Waals surface area contributed by atoms with E-state index in [1.807, 2.05) is 6.07 Å². The number of nitriles is 1. The van der Waals surface area contributed by atoms with Gasteiger partial charge in [0.25, 0.3) is 5.56 Å². The number of rotatable bonds is 8. The Labute approximate surface area is 201 Å². The molecular formula is C25H26FN5O4. The molecule has 2 aromatic heterocycles. The van der Waals surface area contributed by atoms with Gasteiger partial charge in [0.1, 0.15) is 11.5 Å². The number of aliphatic hydroxyl groups excluding tert-OH is 1. The van der Waals surface area contributed by atoms with Crippen LogP contribution in [0.2, 0.25) is 0 Å². The van der Waals surface area contributed by atoms with Gasteiger partial charge in [-0.05, 0) is 54.3 Å². The number of halogens is 1. The number of hydrogen-bond acceptors (Lipinski definition) is 7. The van der Waals surface area contributed by atoms with Crippen molar-refractivity contribution >= 4 is 11.6 Å². The van der Waals surface area contributed by atoms with E-state index in [4.69, 9.17) is 0 Å². The molecular weight excluding hydrogens is 453 g/mol. The van der Waals surface area contributed by atoms with Crippen LogP contribution in [-0.4, -0.2) is 45.6 Å². The second-order valence-corrected chi connectivity index (χ2v) is 8.59. The van der Waals surface area contributed by atoms with Crippen molar-refractivity contribution in [3.8, 4) is 6.07 Å². The Kier molecular flexibility index (Phi) is 7.62. The van der Waals surface area contributed by atoms with Crippen molar-refractivity contribution in [2.75, 3.05) is 25.1 Å². The summed E-state index contributed by atoms with van der Waals surface area (Å²) in [7, 11) is 1.63. The van der Waals surface area contributed by atoms with Gasteiger partial charge in [-0.2, -0.15) is 9.65 Å². The smallest absolute Gasteiger partial charge is 0.329 e. The van der Waals surface area contributed by atoms with Crippen LogP contribution < -0.4 is 16.1 Å². The molecule has 0 bridgehead atoms. The highest BCUT2D eigenvalue weighted by molar-refractivity contribution is 6.09. The molecule has 1 aromatic carbocycles. The minimum Gasteiger partial charge on any atom is -0.395 e. The summed E-state index contributed by atoms with van der Waals surface area (Å²) in [5.74, 6) is -1.57. The molecule has 35 heavy (non-hydrogen) atoms. The molecule has 0 amide bonds. The first-order chi connectivity index (χ1) is 16.5. The van der Waals surface area contributed by atoms with Gasteiger partial charge in [-0.15, -0.1) is 0 Å². The van der Waals surface area contributed by atoms with Crippen LogP contribution in [0.25, 0.3) is 0 Å². The van der Waals surface area contributed by atoms with Gasteiger partial charge in [-0.3, -0.25) is 19.1 Å². The first-order valence-electron chi connectivity index (χ1n) is 11.0. The average Bonchev–Trinajstić information content (AvgIpc) is 2.79. The lowest BCUT2D eigenvalue weighted by molar-refractivity contribution is 0.102. The molecule has 0 aliphatic carbocycles. The van der Waals surface area contributed by atoms with E-state index in [9.17, 15) is 29.1 Å². The van der Waals surface area contributed by atoms with Crippen LogP contribution >= 0.6 is 0 Å². The van der Waals surface area contributed by atoms with Gasteiger partial charge in [0.05, 0.1) is 24.8 Å². The van der Waals surface area contributed by atoms with Crippen molar-refractivity contribution in [2.45, 2.75) is 33.2 Å². The fourth-order valence-corrected chi connectivity index (χ4v) is 3.90. The van der Waals surface area contributed by atoms with E-state index in [0.29, 0.717) is 11.1 Å². The van der Waals surface area contributed by atoms with Crippen LogP contribution in [0.3, 0.4) is 0 Å². The molecule has 0 fully saturated rings. The fourth-order valence-electron chi connectivity index (χ4n) is 3.90. The monoisotopic (exact) mass is 479 g/mol. The maximum Gasteiger partial charge on any atom is 0.329 e. The third-order valence-electron chi connectivity index (χ3n) is 5.50. The molecule has 3 aromatic rings. The zero-order valence-electron chi connectivity index (χ0n) is 19.9. The van der Waals surface area contributed by atoms with Crippen molar-refractivity contribution in [3.63, 3.8) is 0 Å². The van der Waals surface area contributed by atoms with E-state index in [1.54, 1.807) is 50.9 Å². The summed E-state index contributed by atoms with van der Waals surface area (Å²) < 4.78 is 15.4. The number of aromatic nitrogens is 3. The van der Waals surface area contributed by atoms with Crippen LogP contribution in [0.5, 0.6) is 0 Å². The standard InChI is InChI=1S/C25H26FN5O4/c1-14(2)21-22(23(33)18-8-15(3)7-16(9-18)12-27)31(25(35)29-24(21)34)13-17-10-19(26)28-20(11-17)30(4)5-6-32/h7-11,14,32H,5-6,13H2,1-4H3,(H,29,34,35). The predicted molar refractivity (Wildman–Crippen MR) is 128 cm³/mol. The van der Waals surface area contributed by atoms with Crippen molar-refractivity contribution in [1.29, 1.82) is 5.26 Å². The van der Waals surface area contributed by atoms with E-state index < -0.39 is 28.9 Å². The van der Waals surface area contributed by atoms with Gasteiger partial charge < -0.3 is 10.0 Å². The van der Waals surface area contributed by atoms with Crippen LogP contribution in [0, 0.1) is 24.2 Å². The molecule has 0 radical (unpaired) electrons. The van der Waals surface area contributed by atoms with Gasteiger partial charge in [0.2, 0.25) is 11.7 Å². The predicted octanol–water partition coefficient (Wildman–Crippen LogP) is 2.08. The Bertz CT molecular complexity index is 1440. The number of pyridine rings is 1. The highest BCUT2D eigenvalue weighted by Gasteiger charge is 2.25. The normalized spacial score (nSPS) is 10.9. The first kappa shape index (κ1) is 25.5. The number of nitrogens with zero attached hydrogens (tertiary/aromatic N) is 4. The van der Waals surface area contributed by atoms with Gasteiger partial charge in [0, 0.05) is 24.7 Å². The molecule has 0 saturated heterocycles. The minimum atomic E-state index is -0.821. The fraction of sp³-hybridized carbons (Fsp3) is 0.320. The van der Waals surface area contributed by atoms with Crippen LogP contribution in [0.4, 0.5) is 10.2 Å². The SMILES string of the molecule is Cc1cc(C#N)cc(C(=O)c2c(C(C)C)c(=O)[nH]c(=O)n2Cc2cc(F)nc(N(C)CCO)c2)c1. The lowest BCUT2D eigenvalue weighted by Crippen LogP contribution is -2.38. The van der Waals surface area contributed by atoms with Crippen molar-refractivity contribution < 1.29 is 14.3 Å². The summed E-state index contributed by atoms with van der Waals surface area (Å²) in [5.41, 5.74) is -0.0764. The largest absolute Gasteiger partial charge is 0.395 e. The number of H-pyrrole nitrogens is 1. The highest BCUT2D eigenvalue weighted by atomic mass is 19.1. The lowest BCUT2D eigenvalue weighted by atomic mass is 9.95. The van der Waals surface area contributed by atoms with Crippen molar-refractivity contribution in [1.82, 2.24) is 14.5 Å². The number of benzene rings is 1. The average molecular weight is 480 g/mol. The molecule has 0 saturated carbocycles. The number of anilines is 1. The Balaban J connectivity index is 2.24. The summed E-state index contributed by atoms with van der Waals surface area (Å²) in [6, 6.07) is 9.29. The highest BCUT2D eigenvalue weighted by Crippen LogP contribution is 2.21. The van der Waals surface area contributed by atoms with E-state index in [0.717, 1.165) is 10.6 Å². The van der Waals surface area contributed by atoms with E-state index in [1.165, 1.54) is 6.07 Å². The van der Waals surface area contributed by atoms with E-state index >= 15 is 0 Å². The molecule has 10 heteroatoms. The molecule has 3 rings (SSSR count). The molecule has 182 valence electrons. The van der Waals surface area contributed by atoms with Crippen LogP contribution in [0.15, 0.2) is 39.9 Å². The Morgan fingerprint density at radius 1 is 1.26 bits per heavy atom. The zero-order chi connectivity index (χ0) is 25.9. The molecule has 2 heterocycles. The molecule has 0 atom stereocenters. The van der Waals surface area contributed by atoms with Crippen molar-refractivity contribution in [2.24, 2.45) is 0 Å². The Hall–Kier alpha value is -4.10. The topological polar surface area (TPSA) is 132 Å². The Morgan fingerprint density at radius 2 is 1.97 bits per heavy atom. The minimum absolute atomic E-state index is 0.113. The second-order valence-electron chi connectivity index (χ2n) is 8.59. The number of nitrogens with one attached hydrogen (secondary N) is 1. The molecule has 0 unspecified atom stereocenters. The number of aromatic amines is 1. The first-order valence-corrected chi connectivity index (χ1v) is 11.0. The number of aliphatic hydroxyl groups is 1. The summed E-state index contributed by atoms with van der Waals surface area (Å²) in [4.78, 5) is 47.0. The number of aryl methyl sites for hydroxylation is 1. The van der Waals surface area contributed by atoms with Gasteiger partial charge in [-0.25, -0.2) is 9.78 Å². The van der Waals surface area contributed by atoms with Gasteiger partial charge >= 0.3 is 5.69 Å². The van der Waals surface area contributed by atoms with Crippen LogP contribution in [0.1, 0.15) is 58.1 Å². The molecule has 2 N–H and O–H groups in total. The molecule has 0 aliphatic rings. The maximum absolute atomic E-state index is 14.3. The number of carbonyl (C=O) groups is 1. The zero-order valence-corrected chi connectivity index (χ0v) is 19.9. The number of likely N-dealkylation sites (N-methyl/N-ethyl adjacent to an activating group) is 1. The third-order valence-corrected chi connectivity index (χ3v) is 5.50. The summed E-state index contributed by atoms with van der Waals surface area (Å²) in [6.07, 6.45) is 0. The number of ketones is 1. The third kappa shape index (κ3) is 5.53. The van der Waals surface area contributed by atoms with Gasteiger partial charge in [0.15, 0.2) is 0 Å². The molecule has 9 nitrogen and oxygen atoms in total. The maximum atomic E-state index is 14.3. The van der Waals surface area contributed by atoms with Crippen molar-refractivity contribution in [3.05, 3.63) is 90.6 Å². The van der Waals surface area contributed by atoms with Crippen LogP contribution in [-0.2, 0) is 6.54 Å². The van der Waals surface area contributed by atoms with Gasteiger partial charge in [-0.1, -0.05) is 13.8 Å². The quantitative estimate of drug-likeness (QED) is 0.373. The summed E-state index contributed by atoms with van der Waals surface area (Å²) in [6.45, 7) is 5.01. The van der Waals surface area contributed by atoms with E-state index in [2.05, 4.69) is 9.97 Å². The number of carbonyl (C=O) groups excluding carboxylic acids is 1. The molecule has 0 spiro atoms. The summed E-state index contributed by atoms with van der Waals surface area (Å²) in [5, 5.41) is 18.5. The Morgan fingerprint density at radius 3 is 2.60 bits per heavy atom. The lowest BCUT2D eigenvalue weighted by Gasteiger charge is -2.20. The number of hydrogen-bond donors (Lipinski definition) is 2. The molecule has 0 aliphatic heterocycles.